The molecule has 1 aliphatic heterocycles. The first-order chi connectivity index (χ1) is 7.97. The number of aliphatic carboxylic acids is 1. The van der Waals surface area contributed by atoms with E-state index in [-0.39, 0.29) is 18.2 Å². The monoisotopic (exact) mass is 243 g/mol. The Morgan fingerprint density at radius 1 is 1.65 bits per heavy atom. The van der Waals surface area contributed by atoms with Crippen molar-refractivity contribution in [2.45, 2.75) is 25.4 Å². The van der Waals surface area contributed by atoms with Crippen LogP contribution in [0.25, 0.3) is 0 Å². The fraction of sp³-hybridized carbons (Fsp3) is 0.700. The van der Waals surface area contributed by atoms with Crippen molar-refractivity contribution in [2.75, 3.05) is 20.1 Å². The van der Waals surface area contributed by atoms with Crippen molar-refractivity contribution in [1.29, 1.82) is 0 Å². The highest BCUT2D eigenvalue weighted by Crippen LogP contribution is 2.13. The van der Waals surface area contributed by atoms with Crippen molar-refractivity contribution >= 4 is 17.8 Å². The average Bonchev–Trinajstić information content (AvgIpc) is 2.29. The van der Waals surface area contributed by atoms with Gasteiger partial charge in [0, 0.05) is 20.1 Å². The molecule has 1 rings (SSSR count). The molecule has 0 spiro atoms. The van der Waals surface area contributed by atoms with Crippen LogP contribution in [0.5, 0.6) is 0 Å². The van der Waals surface area contributed by atoms with Gasteiger partial charge in [0.1, 0.15) is 6.04 Å². The number of nitrogens with zero attached hydrogens (tertiary/aromatic N) is 1. The number of piperazine rings is 1. The van der Waals surface area contributed by atoms with Crippen LogP contribution in [0.15, 0.2) is 0 Å². The minimum Gasteiger partial charge on any atom is -0.481 e. The molecule has 96 valence electrons. The minimum absolute atomic E-state index is 0.227. The Balaban J connectivity index is 2.81. The molecular formula is C10H17N3O4. The lowest BCUT2D eigenvalue weighted by atomic mass is 10.1. The second kappa shape index (κ2) is 5.62. The molecule has 0 saturated carbocycles. The molecule has 0 aromatic rings. The maximum atomic E-state index is 11.6. The number of rotatable bonds is 4. The Morgan fingerprint density at radius 3 is 2.82 bits per heavy atom. The average molecular weight is 243 g/mol. The third kappa shape index (κ3) is 3.16. The molecule has 1 heterocycles. The predicted molar refractivity (Wildman–Crippen MR) is 59.3 cm³/mol. The fourth-order valence-corrected chi connectivity index (χ4v) is 1.93. The number of carboxylic acids is 1. The minimum atomic E-state index is -1.05. The van der Waals surface area contributed by atoms with E-state index in [9.17, 15) is 14.4 Å². The van der Waals surface area contributed by atoms with Gasteiger partial charge in [0.2, 0.25) is 11.8 Å². The van der Waals surface area contributed by atoms with Gasteiger partial charge in [-0.3, -0.25) is 19.3 Å². The van der Waals surface area contributed by atoms with Crippen LogP contribution in [0.2, 0.25) is 0 Å². The fourth-order valence-electron chi connectivity index (χ4n) is 1.93. The van der Waals surface area contributed by atoms with E-state index < -0.39 is 18.1 Å². The number of nitrogens with one attached hydrogen (secondary N) is 2. The molecule has 3 N–H and O–H groups in total. The summed E-state index contributed by atoms with van der Waals surface area (Å²) >= 11 is 0. The van der Waals surface area contributed by atoms with Gasteiger partial charge >= 0.3 is 5.97 Å². The number of carboxylic acid groups (broad SMARTS) is 1. The van der Waals surface area contributed by atoms with E-state index in [2.05, 4.69) is 10.6 Å². The molecule has 0 radical (unpaired) electrons. The lowest BCUT2D eigenvalue weighted by Gasteiger charge is -2.37. The topological polar surface area (TPSA) is 98.7 Å². The van der Waals surface area contributed by atoms with E-state index in [0.717, 1.165) is 0 Å². The summed E-state index contributed by atoms with van der Waals surface area (Å²) in [6.45, 7) is 2.56. The Bertz CT molecular complexity index is 332. The summed E-state index contributed by atoms with van der Waals surface area (Å²) in [6.07, 6.45) is -0.298. The van der Waals surface area contributed by atoms with Gasteiger partial charge in [-0.1, -0.05) is 0 Å². The lowest BCUT2D eigenvalue weighted by Crippen LogP contribution is -2.61. The summed E-state index contributed by atoms with van der Waals surface area (Å²) in [7, 11) is 1.51. The standard InChI is InChI=1S/C10H17N3O4/c1-6(9(16)11-2)13-4-3-12-10(17)7(13)5-8(14)15/h6-7H,3-5H2,1-2H3,(H,11,16)(H,12,17)(H,14,15). The van der Waals surface area contributed by atoms with Crippen LogP contribution in [0.4, 0.5) is 0 Å². The van der Waals surface area contributed by atoms with Crippen LogP contribution in [0.1, 0.15) is 13.3 Å². The summed E-state index contributed by atoms with van der Waals surface area (Å²) in [6, 6.07) is -1.30. The normalized spacial score (nSPS) is 22.7. The van der Waals surface area contributed by atoms with Gasteiger partial charge in [0.15, 0.2) is 0 Å². The Morgan fingerprint density at radius 2 is 2.29 bits per heavy atom. The first kappa shape index (κ1) is 13.4. The highest BCUT2D eigenvalue weighted by atomic mass is 16.4. The first-order valence-electron chi connectivity index (χ1n) is 5.44. The Hall–Kier alpha value is -1.63. The predicted octanol–water partition coefficient (Wildman–Crippen LogP) is -1.60. The molecule has 7 nitrogen and oxygen atoms in total. The zero-order chi connectivity index (χ0) is 13.0. The number of hydrogen-bond donors (Lipinski definition) is 3. The van der Waals surface area contributed by atoms with E-state index in [4.69, 9.17) is 5.11 Å². The zero-order valence-electron chi connectivity index (χ0n) is 9.90. The number of carbonyl (C=O) groups excluding carboxylic acids is 2. The smallest absolute Gasteiger partial charge is 0.305 e. The molecule has 0 aromatic carbocycles. The van der Waals surface area contributed by atoms with Gasteiger partial charge < -0.3 is 15.7 Å². The van der Waals surface area contributed by atoms with Crippen molar-refractivity contribution in [3.8, 4) is 0 Å². The van der Waals surface area contributed by atoms with Crippen molar-refractivity contribution < 1.29 is 19.5 Å². The summed E-state index contributed by atoms with van der Waals surface area (Å²) in [5.41, 5.74) is 0. The Labute approximate surface area is 99.2 Å². The summed E-state index contributed by atoms with van der Waals surface area (Å²) in [5, 5.41) is 13.9. The Kier molecular flexibility index (Phi) is 4.45. The van der Waals surface area contributed by atoms with Gasteiger partial charge in [-0.15, -0.1) is 0 Å². The molecule has 2 amide bonds. The molecular weight excluding hydrogens is 226 g/mol. The zero-order valence-corrected chi connectivity index (χ0v) is 9.90. The molecule has 2 unspecified atom stereocenters. The number of likely N-dealkylation sites (N-methyl/N-ethyl adjacent to an activating group) is 1. The van der Waals surface area contributed by atoms with E-state index in [1.807, 2.05) is 0 Å². The van der Waals surface area contributed by atoms with E-state index in [1.54, 1.807) is 11.8 Å². The summed E-state index contributed by atoms with van der Waals surface area (Å²) in [5.74, 6) is -1.62. The van der Waals surface area contributed by atoms with Crippen molar-refractivity contribution in [3.05, 3.63) is 0 Å². The van der Waals surface area contributed by atoms with Crippen LogP contribution >= 0.6 is 0 Å². The maximum absolute atomic E-state index is 11.6. The van der Waals surface area contributed by atoms with Crippen molar-refractivity contribution in [1.82, 2.24) is 15.5 Å². The van der Waals surface area contributed by atoms with Gasteiger partial charge in [-0.25, -0.2) is 0 Å². The molecule has 1 fully saturated rings. The largest absolute Gasteiger partial charge is 0.481 e. The molecule has 17 heavy (non-hydrogen) atoms. The number of amides is 2. The quantitative estimate of drug-likeness (QED) is 0.552. The second-order valence-electron chi connectivity index (χ2n) is 3.93. The van der Waals surface area contributed by atoms with Gasteiger partial charge in [-0.2, -0.15) is 0 Å². The van der Waals surface area contributed by atoms with Crippen LogP contribution in [-0.4, -0.2) is 60.0 Å². The van der Waals surface area contributed by atoms with Crippen LogP contribution < -0.4 is 10.6 Å². The van der Waals surface area contributed by atoms with Crippen LogP contribution in [-0.2, 0) is 14.4 Å². The third-order valence-corrected chi connectivity index (χ3v) is 2.86. The van der Waals surface area contributed by atoms with Crippen molar-refractivity contribution in [2.24, 2.45) is 0 Å². The second-order valence-corrected chi connectivity index (χ2v) is 3.93. The summed E-state index contributed by atoms with van der Waals surface area (Å²) < 4.78 is 0. The number of carbonyl (C=O) groups is 3. The molecule has 1 aliphatic rings. The number of hydrogen-bond acceptors (Lipinski definition) is 4. The van der Waals surface area contributed by atoms with Gasteiger partial charge in [0.05, 0.1) is 12.5 Å². The highest BCUT2D eigenvalue weighted by Gasteiger charge is 2.36. The maximum Gasteiger partial charge on any atom is 0.305 e. The van der Waals surface area contributed by atoms with Gasteiger partial charge in [0.25, 0.3) is 0 Å². The third-order valence-electron chi connectivity index (χ3n) is 2.86. The summed E-state index contributed by atoms with van der Waals surface area (Å²) in [4.78, 5) is 35.5. The molecule has 7 heteroatoms. The van der Waals surface area contributed by atoms with Gasteiger partial charge in [-0.05, 0) is 6.92 Å². The highest BCUT2D eigenvalue weighted by molar-refractivity contribution is 5.88. The SMILES string of the molecule is CNC(=O)C(C)N1CCNC(=O)C1CC(=O)O. The van der Waals surface area contributed by atoms with E-state index >= 15 is 0 Å². The van der Waals surface area contributed by atoms with E-state index in [1.165, 1.54) is 7.05 Å². The van der Waals surface area contributed by atoms with Crippen LogP contribution in [0, 0.1) is 0 Å². The van der Waals surface area contributed by atoms with Crippen LogP contribution in [0.3, 0.4) is 0 Å². The molecule has 2 atom stereocenters. The lowest BCUT2D eigenvalue weighted by molar-refractivity contribution is -0.145. The molecule has 1 saturated heterocycles. The van der Waals surface area contributed by atoms with Crippen molar-refractivity contribution in [3.63, 3.8) is 0 Å². The molecule has 0 aromatic heterocycles. The molecule has 0 aliphatic carbocycles. The first-order valence-corrected chi connectivity index (χ1v) is 5.44. The molecule has 0 bridgehead atoms. The van der Waals surface area contributed by atoms with E-state index in [0.29, 0.717) is 13.1 Å².